The molecule has 0 aromatic heterocycles. The van der Waals surface area contributed by atoms with Gasteiger partial charge >= 0.3 is 0 Å². The van der Waals surface area contributed by atoms with E-state index in [0.29, 0.717) is 12.3 Å². The van der Waals surface area contributed by atoms with Gasteiger partial charge in [-0.2, -0.15) is 0 Å². The molecule has 3 heteroatoms. The molecule has 1 aromatic carbocycles. The third-order valence-electron chi connectivity index (χ3n) is 2.21. The van der Waals surface area contributed by atoms with E-state index in [1.165, 1.54) is 0 Å². The summed E-state index contributed by atoms with van der Waals surface area (Å²) in [6, 6.07) is 7.63. The molecule has 0 saturated carbocycles. The van der Waals surface area contributed by atoms with Crippen LogP contribution in [0.5, 0.6) is 0 Å². The van der Waals surface area contributed by atoms with Gasteiger partial charge < -0.3 is 5.32 Å². The molecule has 0 radical (unpaired) electrons. The molecule has 2 nitrogen and oxygen atoms in total. The Bertz CT molecular complexity index is 337. The van der Waals surface area contributed by atoms with Crippen LogP contribution >= 0.6 is 11.6 Å². The number of rotatable bonds is 1. The molecule has 0 amide bonds. The molecule has 1 aromatic rings. The number of hydrogen-bond donors (Lipinski definition) is 1. The Kier molecular flexibility index (Phi) is 2.23. The van der Waals surface area contributed by atoms with Gasteiger partial charge in [0.25, 0.3) is 0 Å². The highest BCUT2D eigenvalue weighted by molar-refractivity contribution is 6.19. The van der Waals surface area contributed by atoms with E-state index in [2.05, 4.69) is 5.32 Å². The predicted molar refractivity (Wildman–Crippen MR) is 53.5 cm³/mol. The molecule has 13 heavy (non-hydrogen) atoms. The Hall–Kier alpha value is -1.02. The van der Waals surface area contributed by atoms with Crippen LogP contribution in [0, 0.1) is 0 Å². The van der Waals surface area contributed by atoms with Crippen LogP contribution in [-0.2, 0) is 0 Å². The predicted octanol–water partition coefficient (Wildman–Crippen LogP) is 2.29. The lowest BCUT2D eigenvalue weighted by Crippen LogP contribution is -2.30. The second-order valence-corrected chi connectivity index (χ2v) is 3.48. The van der Waals surface area contributed by atoms with Gasteiger partial charge in [0.15, 0.2) is 5.78 Å². The summed E-state index contributed by atoms with van der Waals surface area (Å²) in [5.41, 5.74) is 1.69. The first-order chi connectivity index (χ1) is 6.31. The van der Waals surface area contributed by atoms with Crippen molar-refractivity contribution in [3.05, 3.63) is 29.8 Å². The van der Waals surface area contributed by atoms with Crippen molar-refractivity contribution < 1.29 is 4.79 Å². The van der Waals surface area contributed by atoms with Crippen molar-refractivity contribution in [1.82, 2.24) is 0 Å². The number of carbonyl (C=O) groups is 1. The van der Waals surface area contributed by atoms with E-state index in [9.17, 15) is 4.79 Å². The Morgan fingerprint density at radius 2 is 2.23 bits per heavy atom. The Balaban J connectivity index is 2.37. The van der Waals surface area contributed by atoms with Crippen LogP contribution in [0.1, 0.15) is 16.8 Å². The minimum absolute atomic E-state index is 0.0871. The summed E-state index contributed by atoms with van der Waals surface area (Å²) in [5.74, 6) is 0.653. The molecule has 1 aliphatic heterocycles. The third kappa shape index (κ3) is 1.54. The molecule has 0 bridgehead atoms. The van der Waals surface area contributed by atoms with E-state index < -0.39 is 0 Å². The number of ketones is 1. The van der Waals surface area contributed by atoms with Gasteiger partial charge in [0.05, 0.1) is 0 Å². The second-order valence-electron chi connectivity index (χ2n) is 3.17. The van der Waals surface area contributed by atoms with Gasteiger partial charge in [-0.15, -0.1) is 11.6 Å². The number of nitrogens with one attached hydrogen (secondary N) is 1. The maximum atomic E-state index is 11.6. The number of fused-ring (bicyclic) bond motifs is 1. The first-order valence-corrected chi connectivity index (χ1v) is 4.79. The lowest BCUT2D eigenvalue weighted by Gasteiger charge is -2.24. The van der Waals surface area contributed by atoms with Crippen LogP contribution in [0.25, 0.3) is 0 Å². The van der Waals surface area contributed by atoms with Crippen LogP contribution in [0.15, 0.2) is 24.3 Å². The maximum Gasteiger partial charge on any atom is 0.167 e. The second kappa shape index (κ2) is 3.38. The van der Waals surface area contributed by atoms with Crippen LogP contribution in [0.2, 0.25) is 0 Å². The lowest BCUT2D eigenvalue weighted by atomic mass is 9.98. The standard InChI is InChI=1S/C10H10ClNO/c11-6-7-5-10(13)8-3-1-2-4-9(8)12-7/h1-4,7,12H,5-6H2. The monoisotopic (exact) mass is 195 g/mol. The molecule has 0 saturated heterocycles. The van der Waals surface area contributed by atoms with E-state index in [1.54, 1.807) is 0 Å². The van der Waals surface area contributed by atoms with Gasteiger partial charge in [0.2, 0.25) is 0 Å². The van der Waals surface area contributed by atoms with E-state index in [4.69, 9.17) is 11.6 Å². The Labute approximate surface area is 81.9 Å². The summed E-state index contributed by atoms with van der Waals surface area (Å²) in [6.07, 6.45) is 0.501. The summed E-state index contributed by atoms with van der Waals surface area (Å²) in [7, 11) is 0. The number of benzene rings is 1. The number of alkyl halides is 1. The van der Waals surface area contributed by atoms with Crippen molar-refractivity contribution in [1.29, 1.82) is 0 Å². The molecule has 1 heterocycles. The van der Waals surface area contributed by atoms with Gasteiger partial charge in [-0.05, 0) is 12.1 Å². The summed E-state index contributed by atoms with van der Waals surface area (Å²) in [6.45, 7) is 0. The van der Waals surface area contributed by atoms with Crippen LogP contribution in [0.4, 0.5) is 5.69 Å². The SMILES string of the molecule is O=C1CC(CCl)Nc2ccccc21. The average molecular weight is 196 g/mol. The highest BCUT2D eigenvalue weighted by Crippen LogP contribution is 2.24. The number of para-hydroxylation sites is 1. The van der Waals surface area contributed by atoms with Crippen molar-refractivity contribution in [2.24, 2.45) is 0 Å². The normalized spacial score (nSPS) is 20.7. The molecular formula is C10H10ClNO. The van der Waals surface area contributed by atoms with E-state index in [1.807, 2.05) is 24.3 Å². The minimum Gasteiger partial charge on any atom is -0.380 e. The van der Waals surface area contributed by atoms with Crippen molar-refractivity contribution >= 4 is 23.1 Å². The van der Waals surface area contributed by atoms with Gasteiger partial charge in [0.1, 0.15) is 0 Å². The average Bonchev–Trinajstić information content (AvgIpc) is 2.18. The fraction of sp³-hybridized carbons (Fsp3) is 0.300. The van der Waals surface area contributed by atoms with E-state index >= 15 is 0 Å². The van der Waals surface area contributed by atoms with Crippen molar-refractivity contribution in [3.63, 3.8) is 0 Å². The van der Waals surface area contributed by atoms with Crippen molar-refractivity contribution in [2.45, 2.75) is 12.5 Å². The fourth-order valence-corrected chi connectivity index (χ4v) is 1.74. The molecule has 0 spiro atoms. The first-order valence-electron chi connectivity index (χ1n) is 4.26. The van der Waals surface area contributed by atoms with Crippen molar-refractivity contribution in [3.8, 4) is 0 Å². The van der Waals surface area contributed by atoms with Crippen LogP contribution in [0.3, 0.4) is 0 Å². The molecule has 1 N–H and O–H groups in total. The number of carbonyl (C=O) groups excluding carboxylic acids is 1. The first kappa shape index (κ1) is 8.57. The third-order valence-corrected chi connectivity index (χ3v) is 2.58. The number of anilines is 1. The maximum absolute atomic E-state index is 11.6. The van der Waals surface area contributed by atoms with Gasteiger partial charge in [-0.25, -0.2) is 0 Å². The Morgan fingerprint density at radius 1 is 1.46 bits per heavy atom. The summed E-state index contributed by atoms with van der Waals surface area (Å²) >= 11 is 5.70. The number of halogens is 1. The topological polar surface area (TPSA) is 29.1 Å². The largest absolute Gasteiger partial charge is 0.380 e. The summed E-state index contributed by atoms with van der Waals surface area (Å²) in [5, 5.41) is 3.22. The number of Topliss-reactive ketones (excluding diaryl/α,β-unsaturated/α-hetero) is 1. The molecule has 1 unspecified atom stereocenters. The molecule has 1 atom stereocenters. The molecule has 0 aliphatic carbocycles. The zero-order valence-electron chi connectivity index (χ0n) is 7.09. The van der Waals surface area contributed by atoms with E-state index in [-0.39, 0.29) is 11.8 Å². The van der Waals surface area contributed by atoms with Gasteiger partial charge in [0, 0.05) is 29.6 Å². The quantitative estimate of drug-likeness (QED) is 0.697. The van der Waals surface area contributed by atoms with Crippen LogP contribution < -0.4 is 5.32 Å². The van der Waals surface area contributed by atoms with Crippen LogP contribution in [-0.4, -0.2) is 17.7 Å². The highest BCUT2D eigenvalue weighted by Gasteiger charge is 2.22. The molecule has 0 fully saturated rings. The summed E-state index contributed by atoms with van der Waals surface area (Å²) < 4.78 is 0. The van der Waals surface area contributed by atoms with Gasteiger partial charge in [-0.3, -0.25) is 4.79 Å². The smallest absolute Gasteiger partial charge is 0.167 e. The molecule has 2 rings (SSSR count). The number of hydrogen-bond acceptors (Lipinski definition) is 2. The van der Waals surface area contributed by atoms with Gasteiger partial charge in [-0.1, -0.05) is 12.1 Å². The Morgan fingerprint density at radius 3 is 3.00 bits per heavy atom. The zero-order valence-corrected chi connectivity index (χ0v) is 7.84. The van der Waals surface area contributed by atoms with E-state index in [0.717, 1.165) is 11.3 Å². The highest BCUT2D eigenvalue weighted by atomic mass is 35.5. The lowest BCUT2D eigenvalue weighted by molar-refractivity contribution is 0.0975. The summed E-state index contributed by atoms with van der Waals surface area (Å²) in [4.78, 5) is 11.6. The zero-order chi connectivity index (χ0) is 9.26. The minimum atomic E-state index is 0.0871. The molecule has 68 valence electrons. The fourth-order valence-electron chi connectivity index (χ4n) is 1.55. The molecular weight excluding hydrogens is 186 g/mol. The molecule has 1 aliphatic rings. The van der Waals surface area contributed by atoms with Crippen molar-refractivity contribution in [2.75, 3.05) is 11.2 Å².